The fraction of sp³-hybridized carbons (Fsp3) is 0.200. The van der Waals surface area contributed by atoms with E-state index in [0.29, 0.717) is 5.75 Å². The molecule has 0 saturated carbocycles. The molecule has 2 rings (SSSR count). The maximum Gasteiger partial charge on any atom is 0.132 e. The Labute approximate surface area is 116 Å². The molecule has 4 heteroatoms. The molecule has 0 fully saturated rings. The van der Waals surface area contributed by atoms with Crippen LogP contribution in [0.3, 0.4) is 0 Å². The lowest BCUT2D eigenvalue weighted by Gasteiger charge is -2.13. The molecule has 1 atom stereocenters. The van der Waals surface area contributed by atoms with Crippen LogP contribution in [-0.4, -0.2) is 12.9 Å². The highest BCUT2D eigenvalue weighted by atomic mass is 32.2. The first-order valence-electron chi connectivity index (χ1n) is 5.97. The highest BCUT2D eigenvalue weighted by Crippen LogP contribution is 2.31. The molecule has 100 valence electrons. The van der Waals surface area contributed by atoms with Gasteiger partial charge in [-0.05, 0) is 29.8 Å². The van der Waals surface area contributed by atoms with Crippen LogP contribution in [0, 0.1) is 5.82 Å². The summed E-state index contributed by atoms with van der Waals surface area (Å²) in [4.78, 5) is 1.04. The third-order valence-electron chi connectivity index (χ3n) is 2.76. The van der Waals surface area contributed by atoms with Crippen molar-refractivity contribution in [3.8, 4) is 5.75 Å². The van der Waals surface area contributed by atoms with Crippen LogP contribution in [0.15, 0.2) is 53.4 Å². The summed E-state index contributed by atoms with van der Waals surface area (Å²) in [6.07, 6.45) is 0. The zero-order chi connectivity index (χ0) is 13.7. The molecule has 2 aromatic carbocycles. The molecular formula is C15H16FNOS. The van der Waals surface area contributed by atoms with Crippen molar-refractivity contribution in [1.82, 2.24) is 0 Å². The van der Waals surface area contributed by atoms with Crippen molar-refractivity contribution in [3.63, 3.8) is 0 Å². The molecule has 2 N–H and O–H groups in total. The number of rotatable bonds is 5. The number of para-hydroxylation sites is 1. The van der Waals surface area contributed by atoms with Crippen molar-refractivity contribution in [2.24, 2.45) is 5.73 Å². The molecular weight excluding hydrogens is 261 g/mol. The second kappa shape index (κ2) is 6.59. The van der Waals surface area contributed by atoms with Crippen LogP contribution in [-0.2, 0) is 0 Å². The molecule has 0 aliphatic rings. The molecule has 0 spiro atoms. The van der Waals surface area contributed by atoms with Crippen LogP contribution in [0.1, 0.15) is 11.6 Å². The molecule has 19 heavy (non-hydrogen) atoms. The zero-order valence-electron chi connectivity index (χ0n) is 10.7. The van der Waals surface area contributed by atoms with Crippen LogP contribution in [0.5, 0.6) is 5.75 Å². The van der Waals surface area contributed by atoms with Gasteiger partial charge in [0.05, 0.1) is 7.11 Å². The monoisotopic (exact) mass is 277 g/mol. The van der Waals surface area contributed by atoms with Crippen molar-refractivity contribution in [2.75, 3.05) is 12.9 Å². The maximum absolute atomic E-state index is 13.1. The predicted octanol–water partition coefficient (Wildman–Crippen LogP) is 3.63. The molecule has 2 nitrogen and oxygen atoms in total. The smallest absolute Gasteiger partial charge is 0.132 e. The molecule has 0 aliphatic carbocycles. The Morgan fingerprint density at radius 2 is 2.00 bits per heavy atom. The lowest BCUT2D eigenvalue weighted by molar-refractivity contribution is 0.405. The molecule has 0 aliphatic heterocycles. The van der Waals surface area contributed by atoms with Crippen molar-refractivity contribution in [2.45, 2.75) is 10.9 Å². The van der Waals surface area contributed by atoms with E-state index in [9.17, 15) is 4.39 Å². The minimum Gasteiger partial charge on any atom is -0.496 e. The summed E-state index contributed by atoms with van der Waals surface area (Å²) in [7, 11) is 1.64. The second-order valence-corrected chi connectivity index (χ2v) is 5.19. The SMILES string of the molecule is COc1ccccc1SCC(N)c1cccc(F)c1. The standard InChI is InChI=1S/C15H16FNOS/c1-18-14-7-2-3-8-15(14)19-10-13(17)11-5-4-6-12(16)9-11/h2-9,13H,10,17H2,1H3. The van der Waals surface area contributed by atoms with E-state index in [4.69, 9.17) is 10.5 Å². The average molecular weight is 277 g/mol. The van der Waals surface area contributed by atoms with Crippen molar-refractivity contribution >= 4 is 11.8 Å². The summed E-state index contributed by atoms with van der Waals surface area (Å²) < 4.78 is 18.4. The molecule has 2 aromatic rings. The first-order valence-corrected chi connectivity index (χ1v) is 6.96. The van der Waals surface area contributed by atoms with Gasteiger partial charge in [0.15, 0.2) is 0 Å². The Hall–Kier alpha value is -1.52. The number of benzene rings is 2. The minimum absolute atomic E-state index is 0.203. The highest BCUT2D eigenvalue weighted by molar-refractivity contribution is 7.99. The minimum atomic E-state index is -0.254. The van der Waals surface area contributed by atoms with Gasteiger partial charge in [0.2, 0.25) is 0 Å². The molecule has 0 radical (unpaired) electrons. The van der Waals surface area contributed by atoms with E-state index in [1.54, 1.807) is 24.9 Å². The topological polar surface area (TPSA) is 35.2 Å². The van der Waals surface area contributed by atoms with E-state index >= 15 is 0 Å². The summed E-state index contributed by atoms with van der Waals surface area (Å²) in [6.45, 7) is 0. The van der Waals surface area contributed by atoms with Gasteiger partial charge >= 0.3 is 0 Å². The van der Waals surface area contributed by atoms with Gasteiger partial charge in [-0.15, -0.1) is 11.8 Å². The van der Waals surface area contributed by atoms with Gasteiger partial charge in [-0.2, -0.15) is 0 Å². The van der Waals surface area contributed by atoms with E-state index in [2.05, 4.69) is 0 Å². The highest BCUT2D eigenvalue weighted by Gasteiger charge is 2.09. The Morgan fingerprint density at radius 1 is 1.21 bits per heavy atom. The average Bonchev–Trinajstić information content (AvgIpc) is 2.45. The van der Waals surface area contributed by atoms with Crippen LogP contribution in [0.2, 0.25) is 0 Å². The number of hydrogen-bond donors (Lipinski definition) is 1. The number of hydrogen-bond acceptors (Lipinski definition) is 3. The Bertz CT molecular complexity index is 547. The van der Waals surface area contributed by atoms with Gasteiger partial charge in [0.25, 0.3) is 0 Å². The van der Waals surface area contributed by atoms with E-state index in [-0.39, 0.29) is 11.9 Å². The number of ether oxygens (including phenoxy) is 1. The van der Waals surface area contributed by atoms with Gasteiger partial charge < -0.3 is 10.5 Å². The van der Waals surface area contributed by atoms with Crippen LogP contribution in [0.25, 0.3) is 0 Å². The third-order valence-corrected chi connectivity index (χ3v) is 3.94. The van der Waals surface area contributed by atoms with Crippen LogP contribution in [0.4, 0.5) is 4.39 Å². The van der Waals surface area contributed by atoms with Crippen LogP contribution < -0.4 is 10.5 Å². The molecule has 0 aromatic heterocycles. The Balaban J connectivity index is 2.02. The normalized spacial score (nSPS) is 12.2. The first kappa shape index (κ1) is 13.9. The molecule has 1 unspecified atom stereocenters. The predicted molar refractivity (Wildman–Crippen MR) is 77.0 cm³/mol. The molecule has 0 amide bonds. The largest absolute Gasteiger partial charge is 0.496 e. The molecule has 0 heterocycles. The van der Waals surface area contributed by atoms with Crippen molar-refractivity contribution < 1.29 is 9.13 Å². The fourth-order valence-electron chi connectivity index (χ4n) is 1.75. The van der Waals surface area contributed by atoms with E-state index < -0.39 is 0 Å². The summed E-state index contributed by atoms with van der Waals surface area (Å²) >= 11 is 1.61. The third kappa shape index (κ3) is 3.72. The molecule has 0 saturated heterocycles. The maximum atomic E-state index is 13.1. The fourth-order valence-corrected chi connectivity index (χ4v) is 2.77. The van der Waals surface area contributed by atoms with Gasteiger partial charge in [-0.3, -0.25) is 0 Å². The van der Waals surface area contributed by atoms with Gasteiger partial charge in [0.1, 0.15) is 11.6 Å². The van der Waals surface area contributed by atoms with E-state index in [1.807, 2.05) is 30.3 Å². The quantitative estimate of drug-likeness (QED) is 0.848. The summed E-state index contributed by atoms with van der Waals surface area (Å²) in [5.41, 5.74) is 6.88. The van der Waals surface area contributed by atoms with Gasteiger partial charge in [0, 0.05) is 16.7 Å². The van der Waals surface area contributed by atoms with E-state index in [0.717, 1.165) is 16.2 Å². The zero-order valence-corrected chi connectivity index (χ0v) is 11.5. The summed E-state index contributed by atoms with van der Waals surface area (Å²) in [5.74, 6) is 1.25. The van der Waals surface area contributed by atoms with E-state index in [1.165, 1.54) is 12.1 Å². The summed E-state index contributed by atoms with van der Waals surface area (Å²) in [6, 6.07) is 14.0. The lowest BCUT2D eigenvalue weighted by atomic mass is 10.1. The first-order chi connectivity index (χ1) is 9.20. The number of nitrogens with two attached hydrogens (primary N) is 1. The number of halogens is 1. The second-order valence-electron chi connectivity index (χ2n) is 4.12. The Kier molecular flexibility index (Phi) is 4.82. The Morgan fingerprint density at radius 3 is 2.74 bits per heavy atom. The summed E-state index contributed by atoms with van der Waals surface area (Å²) in [5, 5.41) is 0. The van der Waals surface area contributed by atoms with Crippen molar-refractivity contribution in [1.29, 1.82) is 0 Å². The van der Waals surface area contributed by atoms with Crippen molar-refractivity contribution in [3.05, 3.63) is 59.9 Å². The number of methoxy groups -OCH3 is 1. The number of thioether (sulfide) groups is 1. The van der Waals surface area contributed by atoms with Gasteiger partial charge in [-0.25, -0.2) is 4.39 Å². The van der Waals surface area contributed by atoms with Gasteiger partial charge in [-0.1, -0.05) is 24.3 Å². The lowest BCUT2D eigenvalue weighted by Crippen LogP contribution is -2.13. The van der Waals surface area contributed by atoms with Crippen LogP contribution >= 0.6 is 11.8 Å². The molecule has 0 bridgehead atoms.